The van der Waals surface area contributed by atoms with Crippen LogP contribution in [0.4, 0.5) is 31.1 Å². The second kappa shape index (κ2) is 8.62. The van der Waals surface area contributed by atoms with Crippen molar-refractivity contribution in [3.05, 3.63) is 70.8 Å². The van der Waals surface area contributed by atoms with Gasteiger partial charge in [0.2, 0.25) is 0 Å². The van der Waals surface area contributed by atoms with Gasteiger partial charge >= 0.3 is 18.4 Å². The van der Waals surface area contributed by atoms with Gasteiger partial charge < -0.3 is 10.1 Å². The molecule has 3 rings (SSSR count). The molecule has 0 bridgehead atoms. The maximum absolute atomic E-state index is 13.1. The van der Waals surface area contributed by atoms with Crippen LogP contribution in [-0.2, 0) is 29.2 Å². The molecule has 5 nitrogen and oxygen atoms in total. The van der Waals surface area contributed by atoms with Gasteiger partial charge in [-0.1, -0.05) is 30.3 Å². The summed E-state index contributed by atoms with van der Waals surface area (Å²) in [6.07, 6.45) is -9.88. The van der Waals surface area contributed by atoms with Crippen LogP contribution in [0.2, 0.25) is 0 Å². The fourth-order valence-corrected chi connectivity index (χ4v) is 3.49. The molecule has 1 saturated heterocycles. The lowest BCUT2D eigenvalue weighted by atomic mass is 9.91. The van der Waals surface area contributed by atoms with Crippen LogP contribution in [0.25, 0.3) is 0 Å². The van der Waals surface area contributed by atoms with Crippen LogP contribution in [0, 0.1) is 0 Å². The van der Waals surface area contributed by atoms with E-state index in [9.17, 15) is 31.1 Å². The van der Waals surface area contributed by atoms with E-state index in [0.717, 1.165) is 0 Å². The largest absolute Gasteiger partial charge is 0.416 e. The van der Waals surface area contributed by atoms with Gasteiger partial charge in [-0.15, -0.1) is 0 Å². The zero-order chi connectivity index (χ0) is 23.7. The van der Waals surface area contributed by atoms with Crippen LogP contribution < -0.4 is 5.32 Å². The Hall–Kier alpha value is -2.79. The first-order chi connectivity index (χ1) is 14.8. The van der Waals surface area contributed by atoms with E-state index in [1.807, 2.05) is 0 Å². The van der Waals surface area contributed by atoms with E-state index in [1.54, 1.807) is 49.4 Å². The third-order valence-corrected chi connectivity index (χ3v) is 5.07. The Morgan fingerprint density at radius 1 is 1.00 bits per heavy atom. The molecule has 0 aromatic heterocycles. The first kappa shape index (κ1) is 23.9. The zero-order valence-corrected chi connectivity index (χ0v) is 17.2. The lowest BCUT2D eigenvalue weighted by Gasteiger charge is -2.30. The monoisotopic (exact) mass is 461 g/mol. The number of carbonyl (C=O) groups is 1. The molecule has 174 valence electrons. The van der Waals surface area contributed by atoms with Gasteiger partial charge in [0.1, 0.15) is 5.54 Å². The highest BCUT2D eigenvalue weighted by atomic mass is 19.4. The maximum Gasteiger partial charge on any atom is 0.416 e. The first-order valence-corrected chi connectivity index (χ1v) is 9.50. The van der Waals surface area contributed by atoms with E-state index >= 15 is 0 Å². The molecule has 1 heterocycles. The zero-order valence-electron chi connectivity index (χ0n) is 17.2. The molecule has 1 fully saturated rings. The van der Waals surface area contributed by atoms with Crippen molar-refractivity contribution in [3.63, 3.8) is 0 Å². The molecule has 0 radical (unpaired) electrons. The number of hydrogen-bond donors (Lipinski definition) is 1. The van der Waals surface area contributed by atoms with Crippen LogP contribution in [0.1, 0.15) is 22.3 Å². The average Bonchev–Trinajstić information content (AvgIpc) is 3.05. The number of nitrogens with zero attached hydrogens (tertiary/aromatic N) is 2. The second-order valence-electron chi connectivity index (χ2n) is 7.69. The van der Waals surface area contributed by atoms with Gasteiger partial charge in [-0.3, -0.25) is 5.01 Å². The van der Waals surface area contributed by atoms with Crippen LogP contribution in [0.15, 0.2) is 48.5 Å². The Balaban J connectivity index is 1.85. The molecule has 1 atom stereocenters. The summed E-state index contributed by atoms with van der Waals surface area (Å²) in [6.45, 7) is -0.497. The molecule has 2 aromatic carbocycles. The second-order valence-corrected chi connectivity index (χ2v) is 7.69. The summed E-state index contributed by atoms with van der Waals surface area (Å²) in [4.78, 5) is 12.4. The minimum atomic E-state index is -4.94. The standard InChI is InChI=1S/C21H21F6N3O2/c1-29(2)30-12-19(28-18(30)31,15-6-4-3-5-7-15)13-32-11-14-8-16(20(22,23)24)10-17(9-14)21(25,26)27/h3-10H,11-13H2,1-2H3,(H,28,31). The number of urea groups is 1. The number of rotatable bonds is 6. The molecular formula is C21H21F6N3O2. The van der Waals surface area contributed by atoms with Crippen molar-refractivity contribution in [2.75, 3.05) is 27.2 Å². The number of nitrogens with one attached hydrogen (secondary N) is 1. The molecular weight excluding hydrogens is 440 g/mol. The van der Waals surface area contributed by atoms with E-state index in [0.29, 0.717) is 17.7 Å². The van der Waals surface area contributed by atoms with Crippen LogP contribution >= 0.6 is 0 Å². The lowest BCUT2D eigenvalue weighted by molar-refractivity contribution is -0.143. The Labute approximate surface area is 180 Å². The summed E-state index contributed by atoms with van der Waals surface area (Å²) in [5, 5.41) is 5.82. The molecule has 0 saturated carbocycles. The summed E-state index contributed by atoms with van der Waals surface area (Å²) >= 11 is 0. The summed E-state index contributed by atoms with van der Waals surface area (Å²) in [5.74, 6) is 0. The number of carbonyl (C=O) groups excluding carboxylic acids is 1. The van der Waals surface area contributed by atoms with Gasteiger partial charge in [-0.05, 0) is 29.3 Å². The predicted octanol–water partition coefficient (Wildman–Crippen LogP) is 4.64. The van der Waals surface area contributed by atoms with E-state index in [-0.39, 0.29) is 24.8 Å². The molecule has 32 heavy (non-hydrogen) atoms. The number of ether oxygens (including phenoxy) is 1. The third kappa shape index (κ3) is 5.16. The van der Waals surface area contributed by atoms with Gasteiger partial charge in [-0.2, -0.15) is 26.3 Å². The molecule has 1 N–H and O–H groups in total. The third-order valence-electron chi connectivity index (χ3n) is 5.07. The molecule has 1 aliphatic rings. The van der Waals surface area contributed by atoms with Crippen LogP contribution in [0.5, 0.6) is 0 Å². The molecule has 1 aliphatic heterocycles. The van der Waals surface area contributed by atoms with Crippen molar-refractivity contribution in [2.24, 2.45) is 0 Å². The Bertz CT molecular complexity index is 930. The van der Waals surface area contributed by atoms with Gasteiger partial charge in [0, 0.05) is 14.1 Å². The fourth-order valence-electron chi connectivity index (χ4n) is 3.49. The Kier molecular flexibility index (Phi) is 6.43. The van der Waals surface area contributed by atoms with Crippen molar-refractivity contribution in [1.82, 2.24) is 15.3 Å². The predicted molar refractivity (Wildman–Crippen MR) is 103 cm³/mol. The van der Waals surface area contributed by atoms with E-state index in [4.69, 9.17) is 4.74 Å². The van der Waals surface area contributed by atoms with Gasteiger partial charge in [0.25, 0.3) is 0 Å². The summed E-state index contributed by atoms with van der Waals surface area (Å²) in [7, 11) is 3.34. The number of halogens is 6. The van der Waals surface area contributed by atoms with Crippen molar-refractivity contribution in [2.45, 2.75) is 24.5 Å². The summed E-state index contributed by atoms with van der Waals surface area (Å²) < 4.78 is 84.1. The number of benzene rings is 2. The minimum Gasteiger partial charge on any atom is -0.374 e. The molecule has 11 heteroatoms. The average molecular weight is 461 g/mol. The Morgan fingerprint density at radius 2 is 1.56 bits per heavy atom. The molecule has 2 amide bonds. The first-order valence-electron chi connectivity index (χ1n) is 9.50. The van der Waals surface area contributed by atoms with Crippen molar-refractivity contribution in [1.29, 1.82) is 0 Å². The van der Waals surface area contributed by atoms with Gasteiger partial charge in [-0.25, -0.2) is 9.80 Å². The summed E-state index contributed by atoms with van der Waals surface area (Å²) in [6, 6.07) is 9.73. The number of alkyl halides is 6. The van der Waals surface area contributed by atoms with Gasteiger partial charge in [0.05, 0.1) is 30.9 Å². The van der Waals surface area contributed by atoms with Crippen molar-refractivity contribution in [3.8, 4) is 0 Å². The number of amides is 2. The maximum atomic E-state index is 13.1. The van der Waals surface area contributed by atoms with E-state index in [1.165, 1.54) is 5.01 Å². The molecule has 1 unspecified atom stereocenters. The lowest BCUT2D eigenvalue weighted by Crippen LogP contribution is -2.45. The van der Waals surface area contributed by atoms with E-state index < -0.39 is 41.7 Å². The topological polar surface area (TPSA) is 44.8 Å². The molecule has 0 spiro atoms. The van der Waals surface area contributed by atoms with Crippen molar-refractivity contribution >= 4 is 6.03 Å². The van der Waals surface area contributed by atoms with Crippen LogP contribution in [-0.4, -0.2) is 43.3 Å². The smallest absolute Gasteiger partial charge is 0.374 e. The highest BCUT2D eigenvalue weighted by Crippen LogP contribution is 2.37. The number of hydrazine groups is 1. The van der Waals surface area contributed by atoms with Gasteiger partial charge in [0.15, 0.2) is 0 Å². The SMILES string of the molecule is CN(C)N1CC(COCc2cc(C(F)(F)F)cc(C(F)(F)F)c2)(c2ccccc2)NC1=O. The summed E-state index contributed by atoms with van der Waals surface area (Å²) in [5.41, 5.74) is -3.42. The quantitative estimate of drug-likeness (QED) is 0.638. The normalized spacial score (nSPS) is 19.5. The van der Waals surface area contributed by atoms with Crippen molar-refractivity contribution < 1.29 is 35.9 Å². The fraction of sp³-hybridized carbons (Fsp3) is 0.381. The van der Waals surface area contributed by atoms with E-state index in [2.05, 4.69) is 5.32 Å². The molecule has 0 aliphatic carbocycles. The highest BCUT2D eigenvalue weighted by molar-refractivity contribution is 5.78. The number of hydrogen-bond acceptors (Lipinski definition) is 3. The molecule has 2 aromatic rings. The Morgan fingerprint density at radius 3 is 2.03 bits per heavy atom. The minimum absolute atomic E-state index is 0.0705. The van der Waals surface area contributed by atoms with Crippen LogP contribution in [0.3, 0.4) is 0 Å². The highest BCUT2D eigenvalue weighted by Gasteiger charge is 2.45.